The van der Waals surface area contributed by atoms with Crippen LogP contribution in [0.25, 0.3) is 0 Å². The van der Waals surface area contributed by atoms with Crippen molar-refractivity contribution in [1.29, 1.82) is 0 Å². The van der Waals surface area contributed by atoms with Crippen molar-refractivity contribution in [2.45, 2.75) is 51.0 Å². The lowest BCUT2D eigenvalue weighted by Gasteiger charge is -2.38. The highest BCUT2D eigenvalue weighted by Crippen LogP contribution is 2.57. The lowest BCUT2D eigenvalue weighted by atomic mass is 9.68. The van der Waals surface area contributed by atoms with E-state index in [9.17, 15) is 9.59 Å². The van der Waals surface area contributed by atoms with Gasteiger partial charge in [-0.15, -0.1) is 0 Å². The van der Waals surface area contributed by atoms with Crippen molar-refractivity contribution in [3.8, 4) is 0 Å². The first-order valence-electron chi connectivity index (χ1n) is 9.27. The molecule has 1 heterocycles. The summed E-state index contributed by atoms with van der Waals surface area (Å²) in [5, 5.41) is 6.14. The number of fused-ring (bicyclic) bond motifs is 2. The Morgan fingerprint density at radius 1 is 1.21 bits per heavy atom. The molecule has 0 radical (unpaired) electrons. The Labute approximate surface area is 143 Å². The molecule has 3 aliphatic rings. The second-order valence-corrected chi connectivity index (χ2v) is 7.91. The Hall–Kier alpha value is -1.84. The molecule has 24 heavy (non-hydrogen) atoms. The van der Waals surface area contributed by atoms with Crippen LogP contribution in [-0.2, 0) is 16.0 Å². The van der Waals surface area contributed by atoms with E-state index in [2.05, 4.69) is 34.9 Å². The lowest BCUT2D eigenvalue weighted by Crippen LogP contribution is -2.54. The average molecular weight is 326 g/mol. The van der Waals surface area contributed by atoms with E-state index < -0.39 is 0 Å². The molecular formula is C20H26N2O2. The van der Waals surface area contributed by atoms with Gasteiger partial charge in [0.2, 0.25) is 11.8 Å². The zero-order valence-corrected chi connectivity index (χ0v) is 14.1. The summed E-state index contributed by atoms with van der Waals surface area (Å²) in [5.41, 5.74) is 1.02. The molecule has 2 N–H and O–H groups in total. The summed E-state index contributed by atoms with van der Waals surface area (Å²) >= 11 is 0. The molecule has 1 aliphatic heterocycles. The minimum absolute atomic E-state index is 0.0852. The zero-order chi connectivity index (χ0) is 16.6. The van der Waals surface area contributed by atoms with E-state index in [0.717, 1.165) is 25.2 Å². The van der Waals surface area contributed by atoms with Crippen molar-refractivity contribution in [3.63, 3.8) is 0 Å². The second kappa shape index (κ2) is 6.23. The molecule has 3 fully saturated rings. The Balaban J connectivity index is 1.52. The van der Waals surface area contributed by atoms with Gasteiger partial charge in [0.05, 0.1) is 5.41 Å². The van der Waals surface area contributed by atoms with E-state index in [0.29, 0.717) is 18.9 Å². The SMILES string of the molecule is O=C1CC[C@H](NC(=O)[C@]2(Cc3ccccc3)C[C@H]3CC[C@H]2C3)CN1. The van der Waals surface area contributed by atoms with Gasteiger partial charge in [0, 0.05) is 19.0 Å². The monoisotopic (exact) mass is 326 g/mol. The van der Waals surface area contributed by atoms with E-state index in [1.54, 1.807) is 0 Å². The number of amides is 2. The number of piperidine rings is 1. The largest absolute Gasteiger partial charge is 0.354 e. The van der Waals surface area contributed by atoms with Crippen LogP contribution in [0, 0.1) is 17.3 Å². The van der Waals surface area contributed by atoms with Crippen molar-refractivity contribution in [3.05, 3.63) is 35.9 Å². The average Bonchev–Trinajstić information content (AvgIpc) is 3.19. The molecule has 0 aromatic heterocycles. The number of carbonyl (C=O) groups excluding carboxylic acids is 2. The van der Waals surface area contributed by atoms with Crippen molar-refractivity contribution in [2.75, 3.05) is 6.54 Å². The van der Waals surface area contributed by atoms with Crippen LogP contribution in [0.5, 0.6) is 0 Å². The van der Waals surface area contributed by atoms with E-state index in [-0.39, 0.29) is 23.3 Å². The van der Waals surface area contributed by atoms with Gasteiger partial charge < -0.3 is 10.6 Å². The lowest BCUT2D eigenvalue weighted by molar-refractivity contribution is -0.136. The number of hydrogen-bond acceptors (Lipinski definition) is 2. The predicted octanol–water partition coefficient (Wildman–Crippen LogP) is 2.43. The molecule has 4 atom stereocenters. The topological polar surface area (TPSA) is 58.2 Å². The fourth-order valence-corrected chi connectivity index (χ4v) is 5.16. The summed E-state index contributed by atoms with van der Waals surface area (Å²) in [7, 11) is 0. The summed E-state index contributed by atoms with van der Waals surface area (Å²) in [6.45, 7) is 0.570. The van der Waals surface area contributed by atoms with Gasteiger partial charge in [-0.3, -0.25) is 9.59 Å². The second-order valence-electron chi connectivity index (χ2n) is 7.91. The quantitative estimate of drug-likeness (QED) is 0.893. The maximum Gasteiger partial charge on any atom is 0.227 e. The summed E-state index contributed by atoms with van der Waals surface area (Å²) in [6.07, 6.45) is 6.83. The highest BCUT2D eigenvalue weighted by molar-refractivity contribution is 5.85. The molecule has 2 bridgehead atoms. The molecule has 1 saturated heterocycles. The van der Waals surface area contributed by atoms with Crippen LogP contribution in [0.2, 0.25) is 0 Å². The van der Waals surface area contributed by atoms with Crippen LogP contribution in [0.15, 0.2) is 30.3 Å². The van der Waals surface area contributed by atoms with Crippen LogP contribution in [0.1, 0.15) is 44.1 Å². The molecule has 128 valence electrons. The van der Waals surface area contributed by atoms with Gasteiger partial charge in [-0.1, -0.05) is 36.8 Å². The third-order valence-corrected chi connectivity index (χ3v) is 6.39. The molecule has 1 aromatic rings. The maximum absolute atomic E-state index is 13.3. The van der Waals surface area contributed by atoms with Crippen molar-refractivity contribution in [2.24, 2.45) is 17.3 Å². The number of nitrogens with one attached hydrogen (secondary N) is 2. The summed E-state index contributed by atoms with van der Waals surface area (Å²) in [4.78, 5) is 24.6. The molecule has 1 aromatic carbocycles. The first-order valence-corrected chi connectivity index (χ1v) is 9.27. The predicted molar refractivity (Wildman–Crippen MR) is 92.2 cm³/mol. The smallest absolute Gasteiger partial charge is 0.227 e. The first-order chi connectivity index (χ1) is 11.7. The minimum Gasteiger partial charge on any atom is -0.354 e. The van der Waals surface area contributed by atoms with E-state index in [1.165, 1.54) is 24.8 Å². The van der Waals surface area contributed by atoms with Gasteiger partial charge >= 0.3 is 0 Å². The van der Waals surface area contributed by atoms with Gasteiger partial charge in [0.25, 0.3) is 0 Å². The molecule has 2 aliphatic carbocycles. The first kappa shape index (κ1) is 15.7. The Morgan fingerprint density at radius 3 is 2.67 bits per heavy atom. The highest BCUT2D eigenvalue weighted by Gasteiger charge is 2.55. The van der Waals surface area contributed by atoms with E-state index >= 15 is 0 Å². The highest BCUT2D eigenvalue weighted by atomic mass is 16.2. The maximum atomic E-state index is 13.3. The molecule has 4 nitrogen and oxygen atoms in total. The van der Waals surface area contributed by atoms with Crippen LogP contribution in [0.3, 0.4) is 0 Å². The summed E-state index contributed by atoms with van der Waals surface area (Å²) < 4.78 is 0. The molecule has 2 amide bonds. The van der Waals surface area contributed by atoms with Gasteiger partial charge in [-0.25, -0.2) is 0 Å². The Bertz CT molecular complexity index is 620. The number of hydrogen-bond donors (Lipinski definition) is 2. The number of benzene rings is 1. The van der Waals surface area contributed by atoms with E-state index in [1.807, 2.05) is 6.07 Å². The molecule has 2 saturated carbocycles. The Morgan fingerprint density at radius 2 is 2.04 bits per heavy atom. The van der Waals surface area contributed by atoms with Crippen LogP contribution < -0.4 is 10.6 Å². The van der Waals surface area contributed by atoms with Gasteiger partial charge in [0.15, 0.2) is 0 Å². The normalized spacial score (nSPS) is 34.8. The van der Waals surface area contributed by atoms with Crippen LogP contribution in [0.4, 0.5) is 0 Å². The fraction of sp³-hybridized carbons (Fsp3) is 0.600. The molecule has 4 rings (SSSR count). The molecule has 4 heteroatoms. The standard InChI is InChI=1S/C20H26N2O2/c23-18-9-8-17(13-21-18)22-19(24)20(11-14-4-2-1-3-5-14)12-15-6-7-16(20)10-15/h1-5,15-17H,6-13H2,(H,21,23)(H,22,24)/t15-,16-,17-,20+/m0/s1. The number of carbonyl (C=O) groups is 2. The minimum atomic E-state index is -0.244. The van der Waals surface area contributed by atoms with Gasteiger partial charge in [-0.2, -0.15) is 0 Å². The van der Waals surface area contributed by atoms with Crippen LogP contribution >= 0.6 is 0 Å². The van der Waals surface area contributed by atoms with Gasteiger partial charge in [0.1, 0.15) is 0 Å². The molecular weight excluding hydrogens is 300 g/mol. The van der Waals surface area contributed by atoms with Crippen molar-refractivity contribution >= 4 is 11.8 Å². The third-order valence-electron chi connectivity index (χ3n) is 6.39. The van der Waals surface area contributed by atoms with Crippen molar-refractivity contribution < 1.29 is 9.59 Å². The summed E-state index contributed by atoms with van der Waals surface area (Å²) in [6, 6.07) is 10.5. The van der Waals surface area contributed by atoms with Crippen LogP contribution in [-0.4, -0.2) is 24.4 Å². The summed E-state index contributed by atoms with van der Waals surface area (Å²) in [5.74, 6) is 1.55. The Kier molecular flexibility index (Phi) is 4.07. The molecule has 0 spiro atoms. The van der Waals surface area contributed by atoms with Gasteiger partial charge in [-0.05, 0) is 49.5 Å². The molecule has 0 unspecified atom stereocenters. The van der Waals surface area contributed by atoms with E-state index in [4.69, 9.17) is 0 Å². The third kappa shape index (κ3) is 2.83. The zero-order valence-electron chi connectivity index (χ0n) is 14.1. The van der Waals surface area contributed by atoms with Crippen molar-refractivity contribution in [1.82, 2.24) is 10.6 Å². The number of rotatable bonds is 4. The fourth-order valence-electron chi connectivity index (χ4n) is 5.16.